The number of carbonyl (C=O) groups excluding carboxylic acids is 2. The van der Waals surface area contributed by atoms with Gasteiger partial charge in [0.1, 0.15) is 5.70 Å². The van der Waals surface area contributed by atoms with Crippen LogP contribution in [-0.4, -0.2) is 29.8 Å². The van der Waals surface area contributed by atoms with Gasteiger partial charge in [-0.3, -0.25) is 14.5 Å². The molecule has 0 saturated carbocycles. The van der Waals surface area contributed by atoms with E-state index in [9.17, 15) is 9.59 Å². The Hall–Kier alpha value is -2.88. The molecule has 2 aliphatic rings. The lowest BCUT2D eigenvalue weighted by atomic mass is 9.95. The molecule has 28 heavy (non-hydrogen) atoms. The molecular formula is C24H26N2O2. The second-order valence-electron chi connectivity index (χ2n) is 7.69. The number of rotatable bonds is 4. The van der Waals surface area contributed by atoms with Gasteiger partial charge in [0, 0.05) is 18.8 Å². The van der Waals surface area contributed by atoms with E-state index >= 15 is 0 Å². The van der Waals surface area contributed by atoms with E-state index in [1.807, 2.05) is 45.0 Å². The molecule has 144 valence electrons. The molecule has 2 heterocycles. The van der Waals surface area contributed by atoms with E-state index in [4.69, 9.17) is 0 Å². The van der Waals surface area contributed by atoms with E-state index in [0.29, 0.717) is 17.8 Å². The van der Waals surface area contributed by atoms with Crippen LogP contribution in [0.25, 0.3) is 5.57 Å². The van der Waals surface area contributed by atoms with Crippen LogP contribution in [0.2, 0.25) is 0 Å². The second-order valence-corrected chi connectivity index (χ2v) is 7.69. The van der Waals surface area contributed by atoms with Crippen molar-refractivity contribution in [1.29, 1.82) is 0 Å². The standard InChI is InChI=1S/C24H26N2O2/c1-4-13-26-23(27)21(19-12-11-16(2)15-17(19)3)22(24(26)28)25-14-7-9-18-8-5-6-10-20(18)25/h5-6,8,10-12,15H,4,7,9,13-14H2,1-3H3. The maximum absolute atomic E-state index is 13.4. The number of benzene rings is 2. The summed E-state index contributed by atoms with van der Waals surface area (Å²) in [6, 6.07) is 14.3. The molecule has 0 N–H and O–H groups in total. The van der Waals surface area contributed by atoms with Gasteiger partial charge in [0.15, 0.2) is 0 Å². The zero-order valence-corrected chi connectivity index (χ0v) is 16.8. The number of imide groups is 1. The number of aryl methyl sites for hydroxylation is 3. The molecule has 4 nitrogen and oxygen atoms in total. The first-order valence-electron chi connectivity index (χ1n) is 10.1. The van der Waals surface area contributed by atoms with E-state index in [1.54, 1.807) is 0 Å². The molecule has 2 aliphatic heterocycles. The second kappa shape index (κ2) is 7.27. The fourth-order valence-corrected chi connectivity index (χ4v) is 4.34. The van der Waals surface area contributed by atoms with Crippen molar-refractivity contribution >= 4 is 23.1 Å². The van der Waals surface area contributed by atoms with E-state index < -0.39 is 0 Å². The molecule has 0 bridgehead atoms. The zero-order chi connectivity index (χ0) is 19.8. The summed E-state index contributed by atoms with van der Waals surface area (Å²) in [4.78, 5) is 30.2. The minimum absolute atomic E-state index is 0.168. The molecular weight excluding hydrogens is 348 g/mol. The van der Waals surface area contributed by atoms with Crippen molar-refractivity contribution in [1.82, 2.24) is 4.90 Å². The molecule has 0 unspecified atom stereocenters. The topological polar surface area (TPSA) is 40.6 Å². The smallest absolute Gasteiger partial charge is 0.278 e. The van der Waals surface area contributed by atoms with Crippen molar-refractivity contribution in [3.63, 3.8) is 0 Å². The van der Waals surface area contributed by atoms with Crippen LogP contribution in [-0.2, 0) is 16.0 Å². The number of hydrogen-bond acceptors (Lipinski definition) is 3. The fraction of sp³-hybridized carbons (Fsp3) is 0.333. The number of amides is 2. The average molecular weight is 374 g/mol. The van der Waals surface area contributed by atoms with Crippen molar-refractivity contribution in [3.8, 4) is 0 Å². The van der Waals surface area contributed by atoms with Crippen molar-refractivity contribution < 1.29 is 9.59 Å². The monoisotopic (exact) mass is 374 g/mol. The molecule has 0 atom stereocenters. The molecule has 0 aromatic heterocycles. The first kappa shape index (κ1) is 18.5. The highest BCUT2D eigenvalue weighted by atomic mass is 16.2. The maximum atomic E-state index is 13.4. The van der Waals surface area contributed by atoms with Gasteiger partial charge in [0.05, 0.1) is 5.57 Å². The van der Waals surface area contributed by atoms with Gasteiger partial charge in [0.25, 0.3) is 11.8 Å². The van der Waals surface area contributed by atoms with Crippen molar-refractivity contribution in [2.45, 2.75) is 40.0 Å². The summed E-state index contributed by atoms with van der Waals surface area (Å²) in [6.07, 6.45) is 2.72. The lowest BCUT2D eigenvalue weighted by Crippen LogP contribution is -2.37. The van der Waals surface area contributed by atoms with Crippen LogP contribution in [0.1, 0.15) is 42.0 Å². The minimum atomic E-state index is -0.170. The van der Waals surface area contributed by atoms with Gasteiger partial charge >= 0.3 is 0 Å². The Labute approximate surface area is 166 Å². The summed E-state index contributed by atoms with van der Waals surface area (Å²) in [6.45, 7) is 7.24. The highest BCUT2D eigenvalue weighted by molar-refractivity contribution is 6.37. The van der Waals surface area contributed by atoms with Gasteiger partial charge in [0.2, 0.25) is 0 Å². The number of anilines is 1. The maximum Gasteiger partial charge on any atom is 0.278 e. The summed E-state index contributed by atoms with van der Waals surface area (Å²) in [5, 5.41) is 0. The Bertz CT molecular complexity index is 990. The van der Waals surface area contributed by atoms with Crippen LogP contribution in [0.4, 0.5) is 5.69 Å². The van der Waals surface area contributed by atoms with Crippen molar-refractivity contribution in [2.24, 2.45) is 0 Å². The van der Waals surface area contributed by atoms with Gasteiger partial charge in [-0.1, -0.05) is 48.9 Å². The third-order valence-electron chi connectivity index (χ3n) is 5.62. The van der Waals surface area contributed by atoms with Gasteiger partial charge in [-0.15, -0.1) is 0 Å². The predicted octanol–water partition coefficient (Wildman–Crippen LogP) is 4.25. The van der Waals surface area contributed by atoms with Crippen LogP contribution in [0.5, 0.6) is 0 Å². The average Bonchev–Trinajstić information content (AvgIpc) is 2.92. The Balaban J connectivity index is 1.93. The number of fused-ring (bicyclic) bond motifs is 1. The molecule has 2 amide bonds. The van der Waals surface area contributed by atoms with Gasteiger partial charge in [-0.05, 0) is 55.9 Å². The van der Waals surface area contributed by atoms with Crippen LogP contribution < -0.4 is 4.90 Å². The Kier molecular flexibility index (Phi) is 4.80. The zero-order valence-electron chi connectivity index (χ0n) is 16.8. The molecule has 0 aliphatic carbocycles. The molecule has 0 spiro atoms. The highest BCUT2D eigenvalue weighted by Gasteiger charge is 2.42. The minimum Gasteiger partial charge on any atom is -0.336 e. The first-order valence-corrected chi connectivity index (χ1v) is 10.1. The van der Waals surface area contributed by atoms with E-state index in [0.717, 1.165) is 48.2 Å². The Morgan fingerprint density at radius 3 is 2.54 bits per heavy atom. The van der Waals surface area contributed by atoms with E-state index in [-0.39, 0.29) is 11.8 Å². The van der Waals surface area contributed by atoms with Crippen LogP contribution in [0.15, 0.2) is 48.2 Å². The fourth-order valence-electron chi connectivity index (χ4n) is 4.34. The number of para-hydroxylation sites is 1. The molecule has 2 aromatic rings. The van der Waals surface area contributed by atoms with E-state index in [2.05, 4.69) is 23.1 Å². The van der Waals surface area contributed by atoms with Crippen molar-refractivity contribution in [3.05, 3.63) is 70.4 Å². The highest BCUT2D eigenvalue weighted by Crippen LogP contribution is 2.38. The Morgan fingerprint density at radius 1 is 1.00 bits per heavy atom. The van der Waals surface area contributed by atoms with Gasteiger partial charge < -0.3 is 4.90 Å². The summed E-state index contributed by atoms with van der Waals surface area (Å²) >= 11 is 0. The van der Waals surface area contributed by atoms with Gasteiger partial charge in [-0.2, -0.15) is 0 Å². The van der Waals surface area contributed by atoms with Crippen LogP contribution in [0, 0.1) is 13.8 Å². The molecule has 0 fully saturated rings. The van der Waals surface area contributed by atoms with E-state index in [1.165, 1.54) is 10.5 Å². The summed E-state index contributed by atoms with van der Waals surface area (Å²) < 4.78 is 0. The normalized spacial score (nSPS) is 16.8. The van der Waals surface area contributed by atoms with Crippen LogP contribution in [0.3, 0.4) is 0 Å². The SMILES string of the molecule is CCCN1C(=O)C(c2ccc(C)cc2C)=C(N2CCCc3ccccc32)C1=O. The largest absolute Gasteiger partial charge is 0.336 e. The number of nitrogens with zero attached hydrogens (tertiary/aromatic N) is 2. The number of carbonyl (C=O) groups is 2. The molecule has 0 saturated heterocycles. The summed E-state index contributed by atoms with van der Waals surface area (Å²) in [7, 11) is 0. The molecule has 0 radical (unpaired) electrons. The molecule has 2 aromatic carbocycles. The summed E-state index contributed by atoms with van der Waals surface area (Å²) in [5.41, 5.74) is 6.40. The lowest BCUT2D eigenvalue weighted by molar-refractivity contribution is -0.136. The lowest BCUT2D eigenvalue weighted by Gasteiger charge is -2.32. The molecule has 4 rings (SSSR count). The Morgan fingerprint density at radius 2 is 1.79 bits per heavy atom. The third kappa shape index (κ3) is 2.93. The molecule has 4 heteroatoms. The first-order chi connectivity index (χ1) is 13.5. The summed E-state index contributed by atoms with van der Waals surface area (Å²) in [5.74, 6) is -0.338. The predicted molar refractivity (Wildman–Crippen MR) is 112 cm³/mol. The van der Waals surface area contributed by atoms with Gasteiger partial charge in [-0.25, -0.2) is 0 Å². The number of hydrogen-bond donors (Lipinski definition) is 0. The quantitative estimate of drug-likeness (QED) is 0.752. The van der Waals surface area contributed by atoms with Crippen molar-refractivity contribution in [2.75, 3.05) is 18.0 Å². The van der Waals surface area contributed by atoms with Crippen LogP contribution >= 0.6 is 0 Å². The third-order valence-corrected chi connectivity index (χ3v) is 5.62.